The fraction of sp³-hybridized carbons (Fsp3) is 0.250. The van der Waals surface area contributed by atoms with Gasteiger partial charge in [-0.2, -0.15) is 0 Å². The van der Waals surface area contributed by atoms with Crippen molar-refractivity contribution in [3.63, 3.8) is 0 Å². The highest BCUT2D eigenvalue weighted by molar-refractivity contribution is 5.82. The molecule has 0 aromatic heterocycles. The zero-order valence-electron chi connectivity index (χ0n) is 37.3. The van der Waals surface area contributed by atoms with E-state index in [0.717, 1.165) is 82.4 Å². The highest BCUT2D eigenvalue weighted by atomic mass is 16.5. The molecule has 0 fully saturated rings. The Morgan fingerprint density at radius 3 is 0.969 bits per heavy atom. The first kappa shape index (κ1) is 46.4. The van der Waals surface area contributed by atoms with Gasteiger partial charge in [0.15, 0.2) is 0 Å². The lowest BCUT2D eigenvalue weighted by molar-refractivity contribution is -0.139. The standard InChI is InChI=1S/C56H60N2O6/c1-5-55(59)63-41-45-19-27-49(28-20-45)57(47-23-15-43(3)16-24-47)51-31-35-53(36-32-51)61-39-13-11-9-7-8-10-12-14-40-62-54-37-33-52(34-38-54)58(48-25-17-44(4)18-26-48)50-29-21-46(22-30-50)42-64-56(60)6-2/h5-6,15-38H,1-2,7-14,39-42H2,3-4H3. The van der Waals surface area contributed by atoms with Crippen molar-refractivity contribution in [2.75, 3.05) is 23.0 Å². The maximum atomic E-state index is 11.5. The van der Waals surface area contributed by atoms with Gasteiger partial charge in [0, 0.05) is 46.3 Å². The van der Waals surface area contributed by atoms with Gasteiger partial charge in [-0.3, -0.25) is 0 Å². The highest BCUT2D eigenvalue weighted by Gasteiger charge is 2.15. The molecule has 0 spiro atoms. The molecule has 0 atom stereocenters. The summed E-state index contributed by atoms with van der Waals surface area (Å²) < 4.78 is 22.7. The molecule has 0 saturated carbocycles. The summed E-state index contributed by atoms with van der Waals surface area (Å²) in [6.45, 7) is 12.9. The minimum absolute atomic E-state index is 0.201. The third-order valence-corrected chi connectivity index (χ3v) is 10.8. The molecule has 0 radical (unpaired) electrons. The molecule has 0 aliphatic heterocycles. The lowest BCUT2D eigenvalue weighted by atomic mass is 10.1. The molecule has 0 aliphatic carbocycles. The predicted octanol–water partition coefficient (Wildman–Crippen LogP) is 14.3. The van der Waals surface area contributed by atoms with Crippen molar-refractivity contribution in [3.05, 3.63) is 193 Å². The Morgan fingerprint density at radius 2 is 0.672 bits per heavy atom. The highest BCUT2D eigenvalue weighted by Crippen LogP contribution is 2.37. The van der Waals surface area contributed by atoms with Crippen LogP contribution >= 0.6 is 0 Å². The van der Waals surface area contributed by atoms with Gasteiger partial charge in [-0.15, -0.1) is 0 Å². The molecule has 0 N–H and O–H groups in total. The first-order valence-corrected chi connectivity index (χ1v) is 22.3. The quantitative estimate of drug-likeness (QED) is 0.0320. The van der Waals surface area contributed by atoms with Crippen LogP contribution in [-0.2, 0) is 32.3 Å². The van der Waals surface area contributed by atoms with Crippen molar-refractivity contribution in [2.45, 2.75) is 78.4 Å². The van der Waals surface area contributed by atoms with Gasteiger partial charge in [-0.05, 0) is 135 Å². The number of hydrogen-bond donors (Lipinski definition) is 0. The summed E-state index contributed by atoms with van der Waals surface area (Å²) in [5.41, 5.74) is 10.4. The Bertz CT molecular complexity index is 2190. The van der Waals surface area contributed by atoms with Crippen molar-refractivity contribution in [3.8, 4) is 11.5 Å². The number of carbonyl (C=O) groups is 2. The summed E-state index contributed by atoms with van der Waals surface area (Å²) in [6, 6.07) is 49.5. The minimum Gasteiger partial charge on any atom is -0.494 e. The molecular formula is C56H60N2O6. The van der Waals surface area contributed by atoms with E-state index in [0.29, 0.717) is 13.2 Å². The first-order valence-electron chi connectivity index (χ1n) is 22.3. The molecule has 64 heavy (non-hydrogen) atoms. The van der Waals surface area contributed by atoms with Gasteiger partial charge in [0.05, 0.1) is 13.2 Å². The molecule has 6 rings (SSSR count). The van der Waals surface area contributed by atoms with E-state index in [1.165, 1.54) is 49.0 Å². The van der Waals surface area contributed by atoms with Crippen LogP contribution in [0.3, 0.4) is 0 Å². The van der Waals surface area contributed by atoms with E-state index in [1.807, 2.05) is 72.8 Å². The number of nitrogens with zero attached hydrogens (tertiary/aromatic N) is 2. The molecule has 8 nitrogen and oxygen atoms in total. The Kier molecular flexibility index (Phi) is 17.8. The number of aryl methyl sites for hydroxylation is 2. The van der Waals surface area contributed by atoms with Crippen LogP contribution in [-0.4, -0.2) is 25.2 Å². The molecule has 0 bridgehead atoms. The van der Waals surface area contributed by atoms with Gasteiger partial charge < -0.3 is 28.7 Å². The van der Waals surface area contributed by atoms with Gasteiger partial charge in [-0.25, -0.2) is 9.59 Å². The van der Waals surface area contributed by atoms with E-state index in [2.05, 4.69) is 110 Å². The van der Waals surface area contributed by atoms with Gasteiger partial charge in [0.1, 0.15) is 24.7 Å². The second-order valence-corrected chi connectivity index (χ2v) is 15.8. The third kappa shape index (κ3) is 14.2. The van der Waals surface area contributed by atoms with Gasteiger partial charge in [0.2, 0.25) is 0 Å². The second kappa shape index (κ2) is 24.5. The topological polar surface area (TPSA) is 77.5 Å². The lowest BCUT2D eigenvalue weighted by Gasteiger charge is -2.26. The van der Waals surface area contributed by atoms with E-state index in [1.54, 1.807) is 0 Å². The van der Waals surface area contributed by atoms with E-state index in [9.17, 15) is 9.59 Å². The number of esters is 2. The molecule has 0 heterocycles. The molecule has 0 saturated heterocycles. The molecule has 0 amide bonds. The number of hydrogen-bond acceptors (Lipinski definition) is 8. The van der Waals surface area contributed by atoms with Crippen molar-refractivity contribution in [2.24, 2.45) is 0 Å². The third-order valence-electron chi connectivity index (χ3n) is 10.8. The average Bonchev–Trinajstić information content (AvgIpc) is 3.33. The molecule has 330 valence electrons. The van der Waals surface area contributed by atoms with Crippen molar-refractivity contribution in [1.82, 2.24) is 0 Å². The normalized spacial score (nSPS) is 10.7. The zero-order valence-corrected chi connectivity index (χ0v) is 37.3. The van der Waals surface area contributed by atoms with Crippen LogP contribution in [0.4, 0.5) is 34.1 Å². The number of benzene rings is 6. The van der Waals surface area contributed by atoms with Gasteiger partial charge >= 0.3 is 11.9 Å². The molecule has 8 heteroatoms. The summed E-state index contributed by atoms with van der Waals surface area (Å²) in [7, 11) is 0. The van der Waals surface area contributed by atoms with Crippen LogP contribution in [0.25, 0.3) is 0 Å². The van der Waals surface area contributed by atoms with Crippen molar-refractivity contribution < 1.29 is 28.5 Å². The van der Waals surface area contributed by atoms with E-state index in [-0.39, 0.29) is 13.2 Å². The van der Waals surface area contributed by atoms with E-state index < -0.39 is 11.9 Å². The molecule has 0 aliphatic rings. The smallest absolute Gasteiger partial charge is 0.330 e. The number of unbranched alkanes of at least 4 members (excludes halogenated alkanes) is 7. The van der Waals surface area contributed by atoms with Crippen LogP contribution in [0.15, 0.2) is 171 Å². The Morgan fingerprint density at radius 1 is 0.406 bits per heavy atom. The maximum Gasteiger partial charge on any atom is 0.330 e. The molecule has 6 aromatic rings. The summed E-state index contributed by atoms with van der Waals surface area (Å²) >= 11 is 0. The number of rotatable bonds is 25. The zero-order chi connectivity index (χ0) is 44.9. The fourth-order valence-electron chi connectivity index (χ4n) is 7.22. The van der Waals surface area contributed by atoms with Crippen LogP contribution in [0.1, 0.15) is 73.6 Å². The molecule has 0 unspecified atom stereocenters. The monoisotopic (exact) mass is 856 g/mol. The SMILES string of the molecule is C=CC(=O)OCc1ccc(N(c2ccc(C)cc2)c2ccc(OCCCCCCCCCCOc3ccc(N(c4ccc(C)cc4)c4ccc(COC(=O)C=C)cc4)cc3)cc2)cc1. The van der Waals surface area contributed by atoms with Crippen LogP contribution in [0.5, 0.6) is 11.5 Å². The molecule has 6 aromatic carbocycles. The Hall–Kier alpha value is -7.06. The summed E-state index contributed by atoms with van der Waals surface area (Å²) in [4.78, 5) is 27.4. The van der Waals surface area contributed by atoms with Gasteiger partial charge in [-0.1, -0.05) is 111 Å². The van der Waals surface area contributed by atoms with Crippen molar-refractivity contribution >= 4 is 46.1 Å². The van der Waals surface area contributed by atoms with Crippen LogP contribution < -0.4 is 19.3 Å². The predicted molar refractivity (Wildman–Crippen MR) is 260 cm³/mol. The number of carbonyl (C=O) groups excluding carboxylic acids is 2. The molecular weight excluding hydrogens is 797 g/mol. The average molecular weight is 857 g/mol. The maximum absolute atomic E-state index is 11.5. The van der Waals surface area contributed by atoms with Crippen molar-refractivity contribution in [1.29, 1.82) is 0 Å². The second-order valence-electron chi connectivity index (χ2n) is 15.8. The fourth-order valence-corrected chi connectivity index (χ4v) is 7.22. The van der Waals surface area contributed by atoms with Crippen LogP contribution in [0, 0.1) is 13.8 Å². The Balaban J connectivity index is 0.871. The van der Waals surface area contributed by atoms with Gasteiger partial charge in [0.25, 0.3) is 0 Å². The lowest BCUT2D eigenvalue weighted by Crippen LogP contribution is -2.10. The largest absolute Gasteiger partial charge is 0.494 e. The number of anilines is 6. The summed E-state index contributed by atoms with van der Waals surface area (Å²) in [5, 5.41) is 0. The Labute approximate surface area is 379 Å². The first-order chi connectivity index (χ1) is 31.3. The van der Waals surface area contributed by atoms with Crippen LogP contribution in [0.2, 0.25) is 0 Å². The minimum atomic E-state index is -0.435. The summed E-state index contributed by atoms with van der Waals surface area (Å²) in [6.07, 6.45) is 11.6. The summed E-state index contributed by atoms with van der Waals surface area (Å²) in [5.74, 6) is 0.858. The number of ether oxygens (including phenoxy) is 4. The van der Waals surface area contributed by atoms with E-state index in [4.69, 9.17) is 18.9 Å². The van der Waals surface area contributed by atoms with E-state index >= 15 is 0 Å².